The summed E-state index contributed by atoms with van der Waals surface area (Å²) in [5.41, 5.74) is 1.69. The molecule has 0 aliphatic rings. The Labute approximate surface area is 131 Å². The Balaban J connectivity index is 1.80. The zero-order valence-corrected chi connectivity index (χ0v) is 12.5. The van der Waals surface area contributed by atoms with Gasteiger partial charge in [0.1, 0.15) is 5.82 Å². The number of aryl methyl sites for hydroxylation is 1. The molecule has 0 saturated heterocycles. The summed E-state index contributed by atoms with van der Waals surface area (Å²) in [7, 11) is 0. The summed E-state index contributed by atoms with van der Waals surface area (Å²) >= 11 is 0. The van der Waals surface area contributed by atoms with Gasteiger partial charge in [-0.1, -0.05) is 5.16 Å². The zero-order chi connectivity index (χ0) is 16.4. The molecular weight excluding hydrogens is 301 g/mol. The van der Waals surface area contributed by atoms with E-state index in [-0.39, 0.29) is 17.4 Å². The summed E-state index contributed by atoms with van der Waals surface area (Å²) in [5, 5.41) is 10.7. The van der Waals surface area contributed by atoms with E-state index in [0.29, 0.717) is 11.5 Å². The first-order valence-corrected chi connectivity index (χ1v) is 6.94. The minimum atomic E-state index is -0.405. The second kappa shape index (κ2) is 5.99. The first kappa shape index (κ1) is 14.9. The minimum absolute atomic E-state index is 0.252. The van der Waals surface area contributed by atoms with E-state index in [9.17, 15) is 9.18 Å². The Hall–Kier alpha value is -3.03. The maximum absolute atomic E-state index is 13.0. The predicted octanol–water partition coefficient (Wildman–Crippen LogP) is 2.19. The number of carbonyl (C=O) groups excluding carboxylic acids is 1. The Morgan fingerprint density at radius 3 is 2.74 bits per heavy atom. The minimum Gasteiger partial charge on any atom is -0.343 e. The normalized spacial score (nSPS) is 12.1. The van der Waals surface area contributed by atoms with E-state index in [0.717, 1.165) is 5.69 Å². The molecule has 0 radical (unpaired) electrons. The van der Waals surface area contributed by atoms with Crippen LogP contribution < -0.4 is 5.32 Å². The largest absolute Gasteiger partial charge is 0.343 e. The van der Waals surface area contributed by atoms with Crippen LogP contribution in [0.5, 0.6) is 0 Å². The van der Waals surface area contributed by atoms with Crippen LogP contribution in [0.2, 0.25) is 0 Å². The van der Waals surface area contributed by atoms with Gasteiger partial charge in [0.25, 0.3) is 5.91 Å². The molecule has 7 nitrogen and oxygen atoms in total. The van der Waals surface area contributed by atoms with Crippen LogP contribution in [0.25, 0.3) is 5.69 Å². The summed E-state index contributed by atoms with van der Waals surface area (Å²) in [4.78, 5) is 16.2. The first-order valence-electron chi connectivity index (χ1n) is 6.94. The molecule has 0 bridgehead atoms. The number of aromatic nitrogens is 4. The van der Waals surface area contributed by atoms with Crippen LogP contribution in [0, 0.1) is 12.7 Å². The van der Waals surface area contributed by atoms with Crippen molar-refractivity contribution in [1.82, 2.24) is 25.2 Å². The van der Waals surface area contributed by atoms with Crippen molar-refractivity contribution < 1.29 is 13.7 Å². The van der Waals surface area contributed by atoms with Gasteiger partial charge in [0.05, 0.1) is 11.7 Å². The monoisotopic (exact) mass is 315 g/mol. The molecule has 23 heavy (non-hydrogen) atoms. The van der Waals surface area contributed by atoms with Crippen molar-refractivity contribution >= 4 is 5.91 Å². The van der Waals surface area contributed by atoms with Gasteiger partial charge in [-0.15, -0.1) is 0 Å². The lowest BCUT2D eigenvalue weighted by atomic mass is 10.3. The summed E-state index contributed by atoms with van der Waals surface area (Å²) < 4.78 is 19.2. The van der Waals surface area contributed by atoms with Crippen LogP contribution in [0.3, 0.4) is 0 Å². The number of amides is 1. The number of benzene rings is 1. The number of carbonyl (C=O) groups is 1. The molecule has 0 aliphatic heterocycles. The molecule has 0 unspecified atom stereocenters. The topological polar surface area (TPSA) is 85.8 Å². The highest BCUT2D eigenvalue weighted by Crippen LogP contribution is 2.14. The lowest BCUT2D eigenvalue weighted by Crippen LogP contribution is -2.27. The van der Waals surface area contributed by atoms with Crippen LogP contribution >= 0.6 is 0 Å². The van der Waals surface area contributed by atoms with Crippen LogP contribution in [-0.4, -0.2) is 25.8 Å². The van der Waals surface area contributed by atoms with Crippen LogP contribution in [0.15, 0.2) is 41.2 Å². The van der Waals surface area contributed by atoms with E-state index in [4.69, 9.17) is 0 Å². The molecule has 0 fully saturated rings. The van der Waals surface area contributed by atoms with E-state index in [2.05, 4.69) is 25.1 Å². The number of halogens is 1. The smallest absolute Gasteiger partial charge is 0.272 e. The van der Waals surface area contributed by atoms with Crippen molar-refractivity contribution in [2.75, 3.05) is 0 Å². The second-order valence-electron chi connectivity index (χ2n) is 5.04. The number of hydrogen-bond acceptors (Lipinski definition) is 5. The third-order valence-corrected chi connectivity index (χ3v) is 3.30. The molecule has 3 rings (SSSR count). The summed E-state index contributed by atoms with van der Waals surface area (Å²) in [6.07, 6.45) is 1.20. The Morgan fingerprint density at radius 2 is 2.09 bits per heavy atom. The molecule has 1 amide bonds. The maximum Gasteiger partial charge on any atom is 0.272 e. The third kappa shape index (κ3) is 3.10. The Morgan fingerprint density at radius 1 is 1.35 bits per heavy atom. The van der Waals surface area contributed by atoms with Gasteiger partial charge in [-0.25, -0.2) is 9.07 Å². The fourth-order valence-electron chi connectivity index (χ4n) is 2.13. The van der Waals surface area contributed by atoms with E-state index >= 15 is 0 Å². The van der Waals surface area contributed by atoms with Gasteiger partial charge in [0.2, 0.25) is 6.39 Å². The Kier molecular flexibility index (Phi) is 3.88. The van der Waals surface area contributed by atoms with Gasteiger partial charge in [0.15, 0.2) is 11.5 Å². The first-order chi connectivity index (χ1) is 11.0. The molecule has 1 aromatic carbocycles. The third-order valence-electron chi connectivity index (χ3n) is 3.30. The molecule has 1 N–H and O–H groups in total. The maximum atomic E-state index is 13.0. The van der Waals surface area contributed by atoms with Crippen molar-refractivity contribution in [3.63, 3.8) is 0 Å². The average Bonchev–Trinajstić information content (AvgIpc) is 3.17. The second-order valence-corrected chi connectivity index (χ2v) is 5.04. The van der Waals surface area contributed by atoms with Crippen molar-refractivity contribution in [3.05, 3.63) is 59.8 Å². The SMILES string of the molecule is Cc1cc(C(=O)N[C@@H](C)c2ncon2)nn1-c1ccc(F)cc1. The Bertz CT molecular complexity index is 811. The molecule has 0 spiro atoms. The van der Waals surface area contributed by atoms with Crippen LogP contribution in [-0.2, 0) is 0 Å². The fourth-order valence-corrected chi connectivity index (χ4v) is 2.13. The van der Waals surface area contributed by atoms with Crippen molar-refractivity contribution in [2.24, 2.45) is 0 Å². The van der Waals surface area contributed by atoms with Gasteiger partial charge in [-0.2, -0.15) is 10.1 Å². The number of nitrogens with one attached hydrogen (secondary N) is 1. The molecular formula is C15H14FN5O2. The summed E-state index contributed by atoms with van der Waals surface area (Å²) in [5.74, 6) is -0.301. The standard InChI is InChI=1S/C15H14FN5O2/c1-9-7-13(15(22)18-10(2)14-17-8-23-20-14)19-21(9)12-5-3-11(16)4-6-12/h3-8,10H,1-2H3,(H,18,22)/t10-/m0/s1. The lowest BCUT2D eigenvalue weighted by Gasteiger charge is -2.08. The van der Waals surface area contributed by atoms with Gasteiger partial charge in [0, 0.05) is 5.69 Å². The highest BCUT2D eigenvalue weighted by Gasteiger charge is 2.18. The van der Waals surface area contributed by atoms with Gasteiger partial charge in [-0.05, 0) is 44.2 Å². The van der Waals surface area contributed by atoms with Crippen molar-refractivity contribution in [2.45, 2.75) is 19.9 Å². The van der Waals surface area contributed by atoms with Gasteiger partial charge in [-0.3, -0.25) is 4.79 Å². The number of hydrogen-bond donors (Lipinski definition) is 1. The molecule has 0 aliphatic carbocycles. The van der Waals surface area contributed by atoms with E-state index in [1.807, 2.05) is 6.92 Å². The molecule has 1 atom stereocenters. The summed E-state index contributed by atoms with van der Waals surface area (Å²) in [6.45, 7) is 3.56. The molecule has 3 aromatic rings. The lowest BCUT2D eigenvalue weighted by molar-refractivity contribution is 0.0932. The van der Waals surface area contributed by atoms with Crippen LogP contribution in [0.4, 0.5) is 4.39 Å². The van der Waals surface area contributed by atoms with E-state index < -0.39 is 6.04 Å². The predicted molar refractivity (Wildman–Crippen MR) is 78.4 cm³/mol. The molecule has 118 valence electrons. The quantitative estimate of drug-likeness (QED) is 0.797. The highest BCUT2D eigenvalue weighted by molar-refractivity contribution is 5.92. The van der Waals surface area contributed by atoms with Gasteiger partial charge >= 0.3 is 0 Å². The summed E-state index contributed by atoms with van der Waals surface area (Å²) in [6, 6.07) is 7.13. The number of nitrogens with zero attached hydrogens (tertiary/aromatic N) is 4. The zero-order valence-electron chi connectivity index (χ0n) is 12.5. The van der Waals surface area contributed by atoms with E-state index in [1.165, 1.54) is 18.5 Å². The average molecular weight is 315 g/mol. The molecule has 0 saturated carbocycles. The number of rotatable bonds is 4. The van der Waals surface area contributed by atoms with E-state index in [1.54, 1.807) is 29.8 Å². The van der Waals surface area contributed by atoms with Gasteiger partial charge < -0.3 is 9.84 Å². The molecule has 2 aromatic heterocycles. The van der Waals surface area contributed by atoms with Crippen molar-refractivity contribution in [3.8, 4) is 5.69 Å². The molecule has 2 heterocycles. The fraction of sp³-hybridized carbons (Fsp3) is 0.200. The molecule has 8 heteroatoms. The van der Waals surface area contributed by atoms with Crippen LogP contribution in [0.1, 0.15) is 35.0 Å². The van der Waals surface area contributed by atoms with Crippen molar-refractivity contribution in [1.29, 1.82) is 0 Å². The highest BCUT2D eigenvalue weighted by atomic mass is 19.1.